The maximum Gasteiger partial charge on any atom is 0.134 e. The van der Waals surface area contributed by atoms with Crippen LogP contribution in [-0.4, -0.2) is 34.7 Å². The molecule has 5 rings (SSSR count). The largest absolute Gasteiger partial charge is 0.506 e. The van der Waals surface area contributed by atoms with E-state index in [9.17, 15) is 10.2 Å². The molecule has 4 heteroatoms. The summed E-state index contributed by atoms with van der Waals surface area (Å²) in [7, 11) is 2.22. The first-order valence-corrected chi connectivity index (χ1v) is 11.0. The van der Waals surface area contributed by atoms with Crippen LogP contribution in [0.15, 0.2) is 54.6 Å². The van der Waals surface area contributed by atoms with Crippen LogP contribution >= 0.6 is 11.6 Å². The second kappa shape index (κ2) is 7.73. The zero-order valence-electron chi connectivity index (χ0n) is 17.1. The van der Waals surface area contributed by atoms with Gasteiger partial charge in [-0.15, -0.1) is 0 Å². The summed E-state index contributed by atoms with van der Waals surface area (Å²) in [6, 6.07) is 19.1. The van der Waals surface area contributed by atoms with Crippen LogP contribution in [0, 0.1) is 0 Å². The number of halogens is 1. The average Bonchev–Trinajstić information content (AvgIpc) is 2.91. The molecule has 154 valence electrons. The summed E-state index contributed by atoms with van der Waals surface area (Å²) in [6.07, 6.45) is 3.06. The highest BCUT2D eigenvalue weighted by molar-refractivity contribution is 6.32. The Morgan fingerprint density at radius 3 is 2.60 bits per heavy atom. The van der Waals surface area contributed by atoms with E-state index in [1.807, 2.05) is 24.3 Å². The van der Waals surface area contributed by atoms with E-state index in [2.05, 4.69) is 42.3 Å². The minimum atomic E-state index is 0.0616. The number of nitrogens with zero attached hydrogens (tertiary/aromatic N) is 1. The lowest BCUT2D eigenvalue weighted by molar-refractivity contribution is 0.214. The minimum Gasteiger partial charge on any atom is -0.506 e. The third kappa shape index (κ3) is 3.22. The predicted molar refractivity (Wildman–Crippen MR) is 121 cm³/mol. The van der Waals surface area contributed by atoms with E-state index in [0.717, 1.165) is 31.4 Å². The number of aromatic hydroxyl groups is 1. The van der Waals surface area contributed by atoms with Crippen molar-refractivity contribution >= 4 is 11.6 Å². The van der Waals surface area contributed by atoms with Crippen LogP contribution in [0.25, 0.3) is 11.1 Å². The topological polar surface area (TPSA) is 43.7 Å². The number of fused-ring (bicyclic) bond motifs is 5. The van der Waals surface area contributed by atoms with E-state index >= 15 is 0 Å². The van der Waals surface area contributed by atoms with Crippen molar-refractivity contribution in [2.24, 2.45) is 0 Å². The van der Waals surface area contributed by atoms with Crippen molar-refractivity contribution in [3.8, 4) is 16.9 Å². The van der Waals surface area contributed by atoms with E-state index in [0.29, 0.717) is 11.1 Å². The standard InChI is InChI=1S/C26H26ClNO2/c1-28-12-11-18-13-23(27)25(30)14-22(18)26-21-4-2-3-19(20(21)9-10-24(26)28)17-7-5-16(15-29)6-8-17/h2-8,13-14,24,26,29-30H,9-12,15H2,1H3/t24-,26+/m0/s1. The number of benzene rings is 3. The van der Waals surface area contributed by atoms with Gasteiger partial charge in [0.1, 0.15) is 5.75 Å². The Bertz CT molecular complexity index is 1090. The van der Waals surface area contributed by atoms with Crippen molar-refractivity contribution in [1.82, 2.24) is 4.90 Å². The van der Waals surface area contributed by atoms with E-state index < -0.39 is 0 Å². The van der Waals surface area contributed by atoms with Crippen molar-refractivity contribution in [1.29, 1.82) is 0 Å². The lowest BCUT2D eigenvalue weighted by atomic mass is 9.72. The van der Waals surface area contributed by atoms with E-state index in [1.165, 1.54) is 33.4 Å². The van der Waals surface area contributed by atoms with Crippen molar-refractivity contribution in [2.45, 2.75) is 37.8 Å². The highest BCUT2D eigenvalue weighted by Crippen LogP contribution is 2.46. The third-order valence-electron chi connectivity index (χ3n) is 6.91. The number of phenols is 1. The number of aliphatic hydroxyl groups is 1. The molecule has 0 saturated heterocycles. The summed E-state index contributed by atoms with van der Waals surface area (Å²) in [4.78, 5) is 2.47. The molecule has 0 aromatic heterocycles. The van der Waals surface area contributed by atoms with Crippen LogP contribution in [0.3, 0.4) is 0 Å². The maximum atomic E-state index is 10.4. The molecular weight excluding hydrogens is 394 g/mol. The normalized spacial score (nSPS) is 20.8. The van der Waals surface area contributed by atoms with E-state index in [1.54, 1.807) is 0 Å². The van der Waals surface area contributed by atoms with Crippen LogP contribution in [0.4, 0.5) is 0 Å². The molecule has 0 amide bonds. The molecule has 2 aliphatic rings. The predicted octanol–water partition coefficient (Wildman–Crippen LogP) is 5.14. The van der Waals surface area contributed by atoms with Gasteiger partial charge in [0.05, 0.1) is 11.6 Å². The zero-order chi connectivity index (χ0) is 20.8. The molecule has 3 aromatic carbocycles. The summed E-state index contributed by atoms with van der Waals surface area (Å²) in [6.45, 7) is 1.05. The fourth-order valence-electron chi connectivity index (χ4n) is 5.34. The third-order valence-corrected chi connectivity index (χ3v) is 7.22. The maximum absolute atomic E-state index is 10.4. The molecule has 0 spiro atoms. The lowest BCUT2D eigenvalue weighted by Crippen LogP contribution is -2.39. The van der Waals surface area contributed by atoms with Gasteiger partial charge in [-0.25, -0.2) is 0 Å². The molecule has 1 aliphatic heterocycles. The molecule has 30 heavy (non-hydrogen) atoms. The minimum absolute atomic E-state index is 0.0616. The van der Waals surface area contributed by atoms with Crippen LogP contribution in [0.2, 0.25) is 5.02 Å². The monoisotopic (exact) mass is 419 g/mol. The average molecular weight is 420 g/mol. The van der Waals surface area contributed by atoms with Gasteiger partial charge in [-0.2, -0.15) is 0 Å². The smallest absolute Gasteiger partial charge is 0.134 e. The Morgan fingerprint density at radius 1 is 1.03 bits per heavy atom. The quantitative estimate of drug-likeness (QED) is 0.604. The summed E-state index contributed by atoms with van der Waals surface area (Å²) >= 11 is 6.26. The molecule has 2 N–H and O–H groups in total. The summed E-state index contributed by atoms with van der Waals surface area (Å²) in [5, 5.41) is 20.2. The SMILES string of the molecule is CN1CCc2cc(Cl)c(O)cc2[C@H]2c3cccc(-c4ccc(CO)cc4)c3CC[C@@H]21. The molecule has 3 aromatic rings. The van der Waals surface area contributed by atoms with Crippen LogP contribution < -0.4 is 0 Å². The Morgan fingerprint density at radius 2 is 1.83 bits per heavy atom. The second-order valence-corrected chi connectivity index (χ2v) is 8.95. The Balaban J connectivity index is 1.68. The molecule has 0 bridgehead atoms. The first-order chi connectivity index (χ1) is 14.6. The van der Waals surface area contributed by atoms with Gasteiger partial charge in [-0.3, -0.25) is 0 Å². The van der Waals surface area contributed by atoms with Gasteiger partial charge < -0.3 is 15.1 Å². The van der Waals surface area contributed by atoms with Crippen molar-refractivity contribution in [3.63, 3.8) is 0 Å². The Labute approximate surface area is 182 Å². The number of rotatable bonds is 2. The molecule has 2 atom stereocenters. The first kappa shape index (κ1) is 19.6. The Kier molecular flexibility index (Phi) is 5.06. The number of phenolic OH excluding ortho intramolecular Hbond substituents is 1. The fourth-order valence-corrected chi connectivity index (χ4v) is 5.53. The van der Waals surface area contributed by atoms with Gasteiger partial charge in [0.25, 0.3) is 0 Å². The molecule has 0 saturated carbocycles. The summed E-state index contributed by atoms with van der Waals surface area (Å²) in [5.74, 6) is 0.387. The van der Waals surface area contributed by atoms with Crippen molar-refractivity contribution < 1.29 is 10.2 Å². The number of likely N-dealkylation sites (N-methyl/N-ethyl adjacent to an activating group) is 1. The van der Waals surface area contributed by atoms with Gasteiger partial charge in [0.15, 0.2) is 0 Å². The summed E-state index contributed by atoms with van der Waals surface area (Å²) < 4.78 is 0. The summed E-state index contributed by atoms with van der Waals surface area (Å²) in [5.41, 5.74) is 8.57. The van der Waals surface area contributed by atoms with Gasteiger partial charge in [-0.1, -0.05) is 54.1 Å². The lowest BCUT2D eigenvalue weighted by Gasteiger charge is -2.39. The number of hydrogen-bond acceptors (Lipinski definition) is 3. The van der Waals surface area contributed by atoms with Gasteiger partial charge in [-0.05, 0) is 77.4 Å². The second-order valence-electron chi connectivity index (χ2n) is 8.55. The van der Waals surface area contributed by atoms with E-state index in [-0.39, 0.29) is 18.3 Å². The molecule has 0 radical (unpaired) electrons. The molecule has 0 fully saturated rings. The van der Waals surface area contributed by atoms with E-state index in [4.69, 9.17) is 11.6 Å². The van der Waals surface area contributed by atoms with Crippen molar-refractivity contribution in [2.75, 3.05) is 13.6 Å². The highest BCUT2D eigenvalue weighted by atomic mass is 35.5. The van der Waals surface area contributed by atoms with Crippen molar-refractivity contribution in [3.05, 3.63) is 87.4 Å². The molecule has 0 unspecified atom stereocenters. The molecule has 3 nitrogen and oxygen atoms in total. The molecule has 1 aliphatic carbocycles. The van der Waals surface area contributed by atoms with Crippen LogP contribution in [0.1, 0.15) is 40.2 Å². The Hall–Kier alpha value is -2.33. The zero-order valence-corrected chi connectivity index (χ0v) is 17.9. The number of aliphatic hydroxyl groups excluding tert-OH is 1. The molecular formula is C26H26ClNO2. The van der Waals surface area contributed by atoms with Gasteiger partial charge >= 0.3 is 0 Å². The van der Waals surface area contributed by atoms with Gasteiger partial charge in [0.2, 0.25) is 0 Å². The first-order valence-electron chi connectivity index (χ1n) is 10.6. The van der Waals surface area contributed by atoms with Gasteiger partial charge in [0, 0.05) is 18.5 Å². The molecule has 1 heterocycles. The van der Waals surface area contributed by atoms with Crippen LogP contribution in [-0.2, 0) is 19.4 Å². The number of hydrogen-bond donors (Lipinski definition) is 2. The fraction of sp³-hybridized carbons (Fsp3) is 0.308. The highest BCUT2D eigenvalue weighted by Gasteiger charge is 2.37. The van der Waals surface area contributed by atoms with Crippen LogP contribution in [0.5, 0.6) is 5.75 Å².